The van der Waals surface area contributed by atoms with Crippen LogP contribution in [0, 0.1) is 18.8 Å². The van der Waals surface area contributed by atoms with Gasteiger partial charge >= 0.3 is 0 Å². The molecule has 2 aliphatic carbocycles. The fourth-order valence-corrected chi connectivity index (χ4v) is 5.75. The van der Waals surface area contributed by atoms with E-state index in [0.717, 1.165) is 23.7 Å². The van der Waals surface area contributed by atoms with Crippen molar-refractivity contribution in [1.82, 2.24) is 14.9 Å². The van der Waals surface area contributed by atoms with Crippen molar-refractivity contribution in [2.75, 3.05) is 0 Å². The van der Waals surface area contributed by atoms with Gasteiger partial charge in [-0.2, -0.15) is 0 Å². The number of halogens is 3. The average molecular weight is 475 g/mol. The second-order valence-corrected chi connectivity index (χ2v) is 9.84. The van der Waals surface area contributed by atoms with Crippen molar-refractivity contribution in [2.24, 2.45) is 11.8 Å². The van der Waals surface area contributed by atoms with Gasteiger partial charge in [0.25, 0.3) is 5.91 Å². The predicted octanol–water partition coefficient (Wildman–Crippen LogP) is 6.73. The number of fused-ring (bicyclic) bond motifs is 2. The molecule has 0 saturated heterocycles. The van der Waals surface area contributed by atoms with Crippen LogP contribution in [0.25, 0.3) is 17.1 Å². The molecular weight excluding hydrogens is 453 g/mol. The molecule has 0 aliphatic heterocycles. The Morgan fingerprint density at radius 3 is 2.42 bits per heavy atom. The zero-order valence-corrected chi connectivity index (χ0v) is 19.3. The maximum atomic E-state index is 13.3. The summed E-state index contributed by atoms with van der Waals surface area (Å²) in [5.41, 5.74) is 2.74. The third-order valence-corrected chi connectivity index (χ3v) is 7.43. The number of benzene rings is 2. The van der Waals surface area contributed by atoms with Crippen LogP contribution in [0.2, 0.25) is 15.1 Å². The maximum Gasteiger partial charge on any atom is 0.272 e. The molecule has 160 valence electrons. The van der Waals surface area contributed by atoms with Gasteiger partial charge in [0.2, 0.25) is 0 Å². The van der Waals surface area contributed by atoms with E-state index in [1.54, 1.807) is 12.1 Å². The molecule has 2 fully saturated rings. The van der Waals surface area contributed by atoms with E-state index in [9.17, 15) is 4.79 Å². The molecule has 7 heteroatoms. The summed E-state index contributed by atoms with van der Waals surface area (Å²) in [7, 11) is 0. The zero-order chi connectivity index (χ0) is 21.7. The van der Waals surface area contributed by atoms with Gasteiger partial charge in [-0.05, 0) is 80.5 Å². The highest BCUT2D eigenvalue weighted by molar-refractivity contribution is 6.36. The van der Waals surface area contributed by atoms with Crippen molar-refractivity contribution < 1.29 is 4.79 Å². The molecule has 4 nitrogen and oxygen atoms in total. The van der Waals surface area contributed by atoms with Crippen LogP contribution in [0.5, 0.6) is 0 Å². The highest BCUT2D eigenvalue weighted by atomic mass is 35.5. The molecule has 1 N–H and O–H groups in total. The highest BCUT2D eigenvalue weighted by Crippen LogP contribution is 2.44. The predicted molar refractivity (Wildman–Crippen MR) is 125 cm³/mol. The van der Waals surface area contributed by atoms with Gasteiger partial charge in [-0.15, -0.1) is 0 Å². The smallest absolute Gasteiger partial charge is 0.272 e. The van der Waals surface area contributed by atoms with E-state index in [1.165, 1.54) is 19.3 Å². The Morgan fingerprint density at radius 1 is 1.03 bits per heavy atom. The number of hydrogen-bond donors (Lipinski definition) is 1. The van der Waals surface area contributed by atoms with Crippen molar-refractivity contribution in [1.29, 1.82) is 0 Å². The first kappa shape index (κ1) is 20.9. The normalized spacial score (nSPS) is 22.1. The first-order valence-electron chi connectivity index (χ1n) is 10.5. The Morgan fingerprint density at radius 2 is 1.77 bits per heavy atom. The van der Waals surface area contributed by atoms with Crippen LogP contribution in [-0.2, 0) is 0 Å². The Hall–Kier alpha value is -2.01. The quantitative estimate of drug-likeness (QED) is 0.456. The van der Waals surface area contributed by atoms with Crippen molar-refractivity contribution in [3.63, 3.8) is 0 Å². The van der Waals surface area contributed by atoms with Crippen molar-refractivity contribution >= 4 is 40.7 Å². The van der Waals surface area contributed by atoms with Gasteiger partial charge in [0.1, 0.15) is 11.5 Å². The monoisotopic (exact) mass is 473 g/mol. The Bertz CT molecular complexity index is 1160. The lowest BCUT2D eigenvalue weighted by atomic mass is 9.95. The molecule has 2 aliphatic rings. The van der Waals surface area contributed by atoms with Gasteiger partial charge in [0.05, 0.1) is 10.7 Å². The summed E-state index contributed by atoms with van der Waals surface area (Å²) in [6.45, 7) is 1.91. The number of nitrogens with zero attached hydrogens (tertiary/aromatic N) is 2. The number of nitrogens with one attached hydrogen (secondary N) is 1. The lowest BCUT2D eigenvalue weighted by molar-refractivity contribution is 0.0917. The van der Waals surface area contributed by atoms with Gasteiger partial charge in [0.15, 0.2) is 0 Å². The standard InChI is InChI=1S/C24H22Cl3N3O/c1-13-22(24(31)28-21-11-14-2-3-15(21)10-14)29-23(19-9-6-17(26)12-20(19)27)30(13)18-7-4-16(25)5-8-18/h4-9,12,14-15,21H,2-3,10-11H2,1H3,(H,28,31)/t14-,15+,21+/m1/s1. The second-order valence-electron chi connectivity index (χ2n) is 8.56. The van der Waals surface area contributed by atoms with Crippen LogP contribution in [0.1, 0.15) is 41.9 Å². The zero-order valence-electron chi connectivity index (χ0n) is 17.0. The molecule has 1 heterocycles. The third kappa shape index (κ3) is 3.86. The average Bonchev–Trinajstić information content (AvgIpc) is 3.43. The molecule has 2 aromatic carbocycles. The number of hydrogen-bond acceptors (Lipinski definition) is 2. The second kappa shape index (κ2) is 8.16. The summed E-state index contributed by atoms with van der Waals surface area (Å²) in [5.74, 6) is 1.82. The Balaban J connectivity index is 1.57. The molecule has 0 unspecified atom stereocenters. The SMILES string of the molecule is Cc1c(C(=O)N[C@H]2C[C@@H]3CC[C@H]2C3)nc(-c2ccc(Cl)cc2Cl)n1-c1ccc(Cl)cc1. The van der Waals surface area contributed by atoms with E-state index in [2.05, 4.69) is 5.32 Å². The van der Waals surface area contributed by atoms with E-state index < -0.39 is 0 Å². The summed E-state index contributed by atoms with van der Waals surface area (Å²) < 4.78 is 1.95. The van der Waals surface area contributed by atoms with E-state index in [1.807, 2.05) is 41.8 Å². The van der Waals surface area contributed by atoms with Crippen molar-refractivity contribution in [3.05, 3.63) is 68.9 Å². The molecule has 0 spiro atoms. The van der Waals surface area contributed by atoms with Gasteiger partial charge in [0, 0.05) is 27.3 Å². The minimum Gasteiger partial charge on any atom is -0.348 e. The topological polar surface area (TPSA) is 46.9 Å². The molecule has 5 rings (SSSR count). The van der Waals surface area contributed by atoms with Crippen molar-refractivity contribution in [3.8, 4) is 17.1 Å². The number of carbonyl (C=O) groups excluding carboxylic acids is 1. The van der Waals surface area contributed by atoms with E-state index in [4.69, 9.17) is 39.8 Å². The first-order valence-corrected chi connectivity index (χ1v) is 11.7. The molecule has 2 bridgehead atoms. The minimum absolute atomic E-state index is 0.130. The van der Waals surface area contributed by atoms with Crippen LogP contribution in [0.15, 0.2) is 42.5 Å². The molecule has 3 atom stereocenters. The highest BCUT2D eigenvalue weighted by Gasteiger charge is 2.40. The van der Waals surface area contributed by atoms with Crippen LogP contribution in [0.4, 0.5) is 0 Å². The molecular formula is C24H22Cl3N3O. The van der Waals surface area contributed by atoms with Crippen LogP contribution in [-0.4, -0.2) is 21.5 Å². The van der Waals surface area contributed by atoms with Crippen LogP contribution >= 0.6 is 34.8 Å². The summed E-state index contributed by atoms with van der Waals surface area (Å²) >= 11 is 18.7. The number of rotatable bonds is 4. The van der Waals surface area contributed by atoms with E-state index in [-0.39, 0.29) is 11.9 Å². The largest absolute Gasteiger partial charge is 0.348 e. The molecule has 1 aromatic heterocycles. The lowest BCUT2D eigenvalue weighted by Crippen LogP contribution is -2.38. The number of carbonyl (C=O) groups is 1. The summed E-state index contributed by atoms with van der Waals surface area (Å²) in [6, 6.07) is 13.0. The fourth-order valence-electron chi connectivity index (χ4n) is 5.13. The number of imidazole rings is 1. The van der Waals surface area contributed by atoms with Crippen LogP contribution in [0.3, 0.4) is 0 Å². The molecule has 0 radical (unpaired) electrons. The Labute approximate surface area is 196 Å². The van der Waals surface area contributed by atoms with E-state index >= 15 is 0 Å². The van der Waals surface area contributed by atoms with Gasteiger partial charge in [-0.1, -0.05) is 41.2 Å². The molecule has 2 saturated carbocycles. The van der Waals surface area contributed by atoms with Crippen LogP contribution < -0.4 is 5.32 Å². The first-order chi connectivity index (χ1) is 14.9. The third-order valence-electron chi connectivity index (χ3n) is 6.63. The van der Waals surface area contributed by atoms with Gasteiger partial charge in [-0.25, -0.2) is 4.98 Å². The van der Waals surface area contributed by atoms with Crippen molar-refractivity contribution in [2.45, 2.75) is 38.6 Å². The molecule has 1 amide bonds. The summed E-state index contributed by atoms with van der Waals surface area (Å²) in [5, 5.41) is 4.92. The number of amides is 1. The fraction of sp³-hybridized carbons (Fsp3) is 0.333. The maximum absolute atomic E-state index is 13.3. The molecule has 3 aromatic rings. The summed E-state index contributed by atoms with van der Waals surface area (Å²) in [6.07, 6.45) is 4.80. The number of aromatic nitrogens is 2. The Kier molecular flexibility index (Phi) is 5.49. The van der Waals surface area contributed by atoms with Gasteiger partial charge in [-0.3, -0.25) is 9.36 Å². The summed E-state index contributed by atoms with van der Waals surface area (Å²) in [4.78, 5) is 18.0. The molecule has 31 heavy (non-hydrogen) atoms. The lowest BCUT2D eigenvalue weighted by Gasteiger charge is -2.22. The van der Waals surface area contributed by atoms with E-state index in [0.29, 0.717) is 38.1 Å². The van der Waals surface area contributed by atoms with Gasteiger partial charge < -0.3 is 5.32 Å². The minimum atomic E-state index is -0.130.